The monoisotopic (exact) mass is 686 g/mol. The second-order valence-corrected chi connectivity index (χ2v) is 12.6. The van der Waals surface area contributed by atoms with Gasteiger partial charge in [0.25, 0.3) is 0 Å². The number of carbonyl (C=O) groups is 5. The Bertz CT molecular complexity index is 1390. The summed E-state index contributed by atoms with van der Waals surface area (Å²) in [6.07, 6.45) is 9.09. The minimum absolute atomic E-state index is 0.0622. The predicted octanol–water partition coefficient (Wildman–Crippen LogP) is 0.317. The number of nitrogens with two attached hydrogens (primary N) is 3. The van der Waals surface area contributed by atoms with Crippen molar-refractivity contribution in [2.45, 2.75) is 95.3 Å². The number of hydrogen-bond donors (Lipinski definition) is 8. The van der Waals surface area contributed by atoms with Crippen LogP contribution in [0.2, 0.25) is 5.02 Å². The second-order valence-electron chi connectivity index (χ2n) is 12.1. The number of aromatic amines is 1. The molecule has 1 aliphatic rings. The third-order valence-corrected chi connectivity index (χ3v) is 8.44. The number of nitrogens with one attached hydrogen (secondary N) is 5. The highest BCUT2D eigenvalue weighted by Crippen LogP contribution is 2.27. The Morgan fingerprint density at radius 3 is 2.06 bits per heavy atom. The van der Waals surface area contributed by atoms with Crippen LogP contribution in [0.3, 0.4) is 0 Å². The fourth-order valence-electron chi connectivity index (χ4n) is 5.73. The zero-order valence-electron chi connectivity index (χ0n) is 27.2. The van der Waals surface area contributed by atoms with E-state index in [4.69, 9.17) is 28.8 Å². The summed E-state index contributed by atoms with van der Waals surface area (Å²) in [4.78, 5) is 76.2. The Labute approximate surface area is 285 Å². The molecule has 0 bridgehead atoms. The average Bonchev–Trinajstić information content (AvgIpc) is 3.55. The van der Waals surface area contributed by atoms with Crippen molar-refractivity contribution in [3.63, 3.8) is 0 Å². The van der Waals surface area contributed by atoms with Gasteiger partial charge in [-0.15, -0.1) is 0 Å². The molecule has 0 unspecified atom stereocenters. The van der Waals surface area contributed by atoms with Crippen molar-refractivity contribution in [3.8, 4) is 0 Å². The van der Waals surface area contributed by atoms with Crippen molar-refractivity contribution in [3.05, 3.63) is 53.1 Å². The fourth-order valence-corrected chi connectivity index (χ4v) is 5.85. The van der Waals surface area contributed by atoms with Crippen molar-refractivity contribution in [2.24, 2.45) is 28.1 Å². The summed E-state index contributed by atoms with van der Waals surface area (Å²) in [6, 6.07) is 2.56. The van der Waals surface area contributed by atoms with Gasteiger partial charge in [-0.1, -0.05) is 55.8 Å². The molecule has 15 nitrogen and oxygen atoms in total. The molecular weight excluding hydrogens is 640 g/mol. The Morgan fingerprint density at radius 2 is 1.48 bits per heavy atom. The first kappa shape index (κ1) is 37.8. The Balaban J connectivity index is 1.83. The van der Waals surface area contributed by atoms with Gasteiger partial charge in [-0.25, -0.2) is 4.98 Å². The summed E-state index contributed by atoms with van der Waals surface area (Å²) >= 11 is 6.07. The fraction of sp³-hybridized carbons (Fsp3) is 0.531. The summed E-state index contributed by atoms with van der Waals surface area (Å²) < 4.78 is 0. The van der Waals surface area contributed by atoms with E-state index < -0.39 is 53.7 Å². The summed E-state index contributed by atoms with van der Waals surface area (Å²) in [5.41, 5.74) is 17.9. The normalized spacial score (nSPS) is 15.6. The number of amides is 5. The number of nitrogens with zero attached hydrogens (tertiary/aromatic N) is 2. The Hall–Kier alpha value is -4.66. The number of hydrogen-bond acceptors (Lipinski definition) is 7. The van der Waals surface area contributed by atoms with Crippen LogP contribution >= 0.6 is 11.6 Å². The van der Waals surface area contributed by atoms with Gasteiger partial charge in [0.2, 0.25) is 29.5 Å². The van der Waals surface area contributed by atoms with Crippen molar-refractivity contribution >= 4 is 47.1 Å². The Kier molecular flexibility index (Phi) is 15.1. The summed E-state index contributed by atoms with van der Waals surface area (Å²) in [5, 5.41) is 11.4. The molecule has 2 aromatic rings. The lowest BCUT2D eigenvalue weighted by atomic mass is 9.84. The smallest absolute Gasteiger partial charge is 0.243 e. The van der Waals surface area contributed by atoms with Gasteiger partial charge in [-0.3, -0.25) is 29.0 Å². The first-order valence-electron chi connectivity index (χ1n) is 16.2. The number of carbonyl (C=O) groups excluding carboxylic acids is 5. The SMILES string of the molecule is CC(=O)N[C@@H](Cc1cnc[nH]1)C(=O)N[C@@H](CCCN=C(N)N)C(=O)N[C@H](Cc1ccc(Cl)cc1)C(=O)N[C@@H](CC1CCCCC1)C(N)=O. The molecule has 48 heavy (non-hydrogen) atoms. The van der Waals surface area contributed by atoms with Crippen LogP contribution in [0, 0.1) is 5.92 Å². The molecule has 1 aliphatic carbocycles. The maximum Gasteiger partial charge on any atom is 0.243 e. The summed E-state index contributed by atoms with van der Waals surface area (Å²) in [6.45, 7) is 1.46. The van der Waals surface area contributed by atoms with E-state index in [1.807, 2.05) is 0 Å². The van der Waals surface area contributed by atoms with Gasteiger partial charge in [0, 0.05) is 43.2 Å². The van der Waals surface area contributed by atoms with Crippen molar-refractivity contribution in [1.82, 2.24) is 31.2 Å². The Morgan fingerprint density at radius 1 is 0.875 bits per heavy atom. The van der Waals surface area contributed by atoms with Gasteiger partial charge in [-0.05, 0) is 42.9 Å². The molecule has 3 rings (SSSR count). The molecule has 11 N–H and O–H groups in total. The molecule has 1 saturated carbocycles. The highest BCUT2D eigenvalue weighted by Gasteiger charge is 2.32. The molecule has 0 aliphatic heterocycles. The number of imidazole rings is 1. The van der Waals surface area contributed by atoms with E-state index in [0.717, 1.165) is 32.1 Å². The number of benzene rings is 1. The first-order chi connectivity index (χ1) is 22.9. The number of guanidine groups is 1. The number of aliphatic imine (C=N–C) groups is 1. The van der Waals surface area contributed by atoms with E-state index in [9.17, 15) is 24.0 Å². The zero-order valence-corrected chi connectivity index (χ0v) is 27.9. The highest BCUT2D eigenvalue weighted by molar-refractivity contribution is 6.30. The lowest BCUT2D eigenvalue weighted by Gasteiger charge is -2.28. The van der Waals surface area contributed by atoms with Gasteiger partial charge in [0.15, 0.2) is 5.96 Å². The van der Waals surface area contributed by atoms with Crippen LogP contribution in [0.15, 0.2) is 41.8 Å². The van der Waals surface area contributed by atoms with E-state index in [0.29, 0.717) is 29.1 Å². The van der Waals surface area contributed by atoms with E-state index in [2.05, 4.69) is 36.2 Å². The molecule has 0 radical (unpaired) electrons. The van der Waals surface area contributed by atoms with Crippen molar-refractivity contribution in [2.75, 3.05) is 6.54 Å². The van der Waals surface area contributed by atoms with Gasteiger partial charge < -0.3 is 43.5 Å². The molecule has 1 fully saturated rings. The summed E-state index contributed by atoms with van der Waals surface area (Å²) in [5.74, 6) is -2.85. The average molecular weight is 687 g/mol. The van der Waals surface area contributed by atoms with Crippen LogP contribution < -0.4 is 38.5 Å². The number of halogens is 1. The minimum atomic E-state index is -1.14. The van der Waals surface area contributed by atoms with E-state index in [1.54, 1.807) is 24.3 Å². The number of H-pyrrole nitrogens is 1. The van der Waals surface area contributed by atoms with Crippen LogP contribution in [0.5, 0.6) is 0 Å². The topological polar surface area (TPSA) is 253 Å². The largest absolute Gasteiger partial charge is 0.370 e. The number of rotatable bonds is 18. The molecule has 5 amide bonds. The highest BCUT2D eigenvalue weighted by atomic mass is 35.5. The maximum absolute atomic E-state index is 13.9. The molecule has 1 aromatic carbocycles. The van der Waals surface area contributed by atoms with E-state index in [-0.39, 0.29) is 37.7 Å². The van der Waals surface area contributed by atoms with E-state index >= 15 is 0 Å². The van der Waals surface area contributed by atoms with Crippen molar-refractivity contribution < 1.29 is 24.0 Å². The number of aromatic nitrogens is 2. The third kappa shape index (κ3) is 13.2. The summed E-state index contributed by atoms with van der Waals surface area (Å²) in [7, 11) is 0. The molecule has 1 aromatic heterocycles. The maximum atomic E-state index is 13.9. The third-order valence-electron chi connectivity index (χ3n) is 8.19. The van der Waals surface area contributed by atoms with Crippen LogP contribution in [0.25, 0.3) is 0 Å². The minimum Gasteiger partial charge on any atom is -0.370 e. The molecule has 0 spiro atoms. The van der Waals surface area contributed by atoms with Gasteiger partial charge in [-0.2, -0.15) is 0 Å². The van der Waals surface area contributed by atoms with Crippen LogP contribution in [-0.4, -0.2) is 76.2 Å². The van der Waals surface area contributed by atoms with Crippen LogP contribution in [0.1, 0.15) is 69.5 Å². The second kappa shape index (κ2) is 19.2. The molecule has 0 saturated heterocycles. The van der Waals surface area contributed by atoms with Crippen molar-refractivity contribution in [1.29, 1.82) is 0 Å². The predicted molar refractivity (Wildman–Crippen MR) is 181 cm³/mol. The molecule has 4 atom stereocenters. The first-order valence-corrected chi connectivity index (χ1v) is 16.5. The van der Waals surface area contributed by atoms with Crippen LogP contribution in [-0.2, 0) is 36.8 Å². The lowest BCUT2D eigenvalue weighted by Crippen LogP contribution is -2.58. The van der Waals surface area contributed by atoms with Gasteiger partial charge >= 0.3 is 0 Å². The van der Waals surface area contributed by atoms with Gasteiger partial charge in [0.05, 0.1) is 6.33 Å². The molecule has 16 heteroatoms. The zero-order chi connectivity index (χ0) is 35.1. The van der Waals surface area contributed by atoms with Crippen LogP contribution in [0.4, 0.5) is 0 Å². The molecule has 262 valence electrons. The lowest BCUT2D eigenvalue weighted by molar-refractivity contribution is -0.134. The van der Waals surface area contributed by atoms with Gasteiger partial charge in [0.1, 0.15) is 24.2 Å². The quantitative estimate of drug-likeness (QED) is 0.0614. The molecule has 1 heterocycles. The standard InChI is InChI=1S/C32H47ClN10O5/c1-19(44)40-27(16-23-17-37-18-39-23)31(48)41-24(8-5-13-38-32(35)36)29(46)43-26(15-21-9-11-22(33)12-10-21)30(47)42-25(28(34)45)14-20-6-3-2-4-7-20/h9-12,17-18,20,24-27H,2-8,13-16H2,1H3,(H2,34,45)(H,37,39)(H,40,44)(H,41,48)(H,42,47)(H,43,46)(H4,35,36,38)/t24-,25-,26+,27-/m0/s1. The number of primary amides is 1. The van der Waals surface area contributed by atoms with E-state index in [1.165, 1.54) is 19.4 Å². The molecular formula is C32H47ClN10O5.